The van der Waals surface area contributed by atoms with Crippen LogP contribution in [0.5, 0.6) is 0 Å². The number of unbranched alkanes of at least 4 members (excludes halogenated alkanes) is 4. The molecule has 0 saturated heterocycles. The van der Waals surface area contributed by atoms with Gasteiger partial charge in [0, 0.05) is 6.42 Å². The van der Waals surface area contributed by atoms with Gasteiger partial charge in [-0.25, -0.2) is 0 Å². The van der Waals surface area contributed by atoms with Crippen LogP contribution in [0.1, 0.15) is 38.5 Å². The summed E-state index contributed by atoms with van der Waals surface area (Å²) in [6.45, 7) is 0. The molecule has 0 radical (unpaired) electrons. The fraction of sp³-hybridized carbons (Fsp3) is 0.643. The molecule has 0 amide bonds. The molecule has 0 aromatic carbocycles. The largest absolute Gasteiger partial charge is 1.00 e. The van der Waals surface area contributed by atoms with E-state index >= 15 is 0 Å². The smallest absolute Gasteiger partial charge is 0.549 e. The van der Waals surface area contributed by atoms with Gasteiger partial charge in [0.05, 0.1) is 42.1 Å². The van der Waals surface area contributed by atoms with Crippen molar-refractivity contribution in [2.75, 3.05) is 0 Å². The summed E-state index contributed by atoms with van der Waals surface area (Å²) >= 11 is 0. The molecule has 0 aliphatic heterocycles. The molecule has 0 aliphatic carbocycles. The molecule has 0 aliphatic rings. The molecule has 0 saturated carbocycles. The Labute approximate surface area is 146 Å². The Kier molecular flexibility index (Phi) is 13.9. The normalized spacial score (nSPS) is 13.1. The maximum Gasteiger partial charge on any atom is 1.00 e. The van der Waals surface area contributed by atoms with Crippen molar-refractivity contribution in [2.24, 2.45) is 17.8 Å². The quantitative estimate of drug-likeness (QED) is 0.357. The van der Waals surface area contributed by atoms with Gasteiger partial charge >= 0.3 is 29.6 Å². The van der Waals surface area contributed by atoms with Gasteiger partial charge in [-0.05, 0) is 12.8 Å². The molecule has 0 aromatic rings. The summed E-state index contributed by atoms with van der Waals surface area (Å²) < 4.78 is 0. The molecule has 3 unspecified atom stereocenters. The van der Waals surface area contributed by atoms with E-state index in [4.69, 9.17) is 21.0 Å². The molecule has 104 valence electrons. The fourth-order valence-corrected chi connectivity index (χ4v) is 1.92. The van der Waals surface area contributed by atoms with Crippen molar-refractivity contribution in [1.82, 2.24) is 0 Å². The number of carboxylic acid groups (broad SMARTS) is 1. The van der Waals surface area contributed by atoms with Crippen LogP contribution in [0.2, 0.25) is 0 Å². The number of carboxylic acids is 1. The van der Waals surface area contributed by atoms with Crippen LogP contribution >= 0.6 is 0 Å². The van der Waals surface area contributed by atoms with Gasteiger partial charge in [-0.15, -0.1) is 0 Å². The van der Waals surface area contributed by atoms with E-state index in [2.05, 4.69) is 0 Å². The first-order chi connectivity index (χ1) is 9.62. The Morgan fingerprint density at radius 3 is 2.00 bits per heavy atom. The molecule has 7 heteroatoms. The molecule has 0 aromatic heterocycles. The summed E-state index contributed by atoms with van der Waals surface area (Å²) in [5.74, 6) is -5.16. The minimum atomic E-state index is -1.62. The average molecular weight is 294 g/mol. The van der Waals surface area contributed by atoms with Crippen LogP contribution in [0.15, 0.2) is 0 Å². The summed E-state index contributed by atoms with van der Waals surface area (Å²) in [7, 11) is 0. The Morgan fingerprint density at radius 2 is 1.57 bits per heavy atom. The Hall–Kier alpha value is -1.57. The predicted molar refractivity (Wildman–Crippen MR) is 65.6 cm³/mol. The maximum atomic E-state index is 10.8. The van der Waals surface area contributed by atoms with Crippen molar-refractivity contribution in [2.45, 2.75) is 38.5 Å². The van der Waals surface area contributed by atoms with Crippen molar-refractivity contribution in [3.05, 3.63) is 0 Å². The number of hydrogen-bond acceptors (Lipinski definition) is 6. The molecule has 6 nitrogen and oxygen atoms in total. The van der Waals surface area contributed by atoms with E-state index in [0.717, 1.165) is 19.3 Å². The van der Waals surface area contributed by atoms with E-state index in [9.17, 15) is 9.90 Å². The van der Waals surface area contributed by atoms with E-state index in [-0.39, 0.29) is 29.6 Å². The van der Waals surface area contributed by atoms with Gasteiger partial charge in [0.25, 0.3) is 0 Å². The predicted octanol–water partition coefficient (Wildman–Crippen LogP) is -1.98. The summed E-state index contributed by atoms with van der Waals surface area (Å²) in [4.78, 5) is 10.8. The first-order valence-corrected chi connectivity index (χ1v) is 6.39. The minimum absolute atomic E-state index is 0. The van der Waals surface area contributed by atoms with E-state index in [1.54, 1.807) is 6.07 Å². The van der Waals surface area contributed by atoms with Gasteiger partial charge in [0.1, 0.15) is 5.92 Å². The summed E-state index contributed by atoms with van der Waals surface area (Å²) in [6.07, 6.45) is 3.96. The molecular weight excluding hydrogens is 279 g/mol. The molecule has 3 atom stereocenters. The molecular formula is C14H15N4NaO2. The second-order valence-corrected chi connectivity index (χ2v) is 4.43. The van der Waals surface area contributed by atoms with Crippen LogP contribution in [0.25, 0.3) is 0 Å². The van der Waals surface area contributed by atoms with Gasteiger partial charge in [-0.2, -0.15) is 21.0 Å². The standard InChI is InChI=1S/C14H16N4O2.Na/c15-7-5-3-1-2-4-6-11(8-16)12(9-17)13(10-18)14(19)20;/h11-13H,1-6H2,(H,19,20);/q;+1/p-1. The minimum Gasteiger partial charge on any atom is -0.549 e. The first-order valence-electron chi connectivity index (χ1n) is 6.39. The molecule has 0 heterocycles. The van der Waals surface area contributed by atoms with Crippen molar-refractivity contribution >= 4 is 5.97 Å². The maximum absolute atomic E-state index is 10.8. The second-order valence-electron chi connectivity index (χ2n) is 4.43. The number of aliphatic carboxylic acids is 1. The summed E-state index contributed by atoms with van der Waals surface area (Å²) in [5, 5.41) is 45.9. The van der Waals surface area contributed by atoms with Gasteiger partial charge < -0.3 is 9.90 Å². The van der Waals surface area contributed by atoms with Gasteiger partial charge in [-0.3, -0.25) is 0 Å². The van der Waals surface area contributed by atoms with Crippen LogP contribution in [0.3, 0.4) is 0 Å². The average Bonchev–Trinajstić information content (AvgIpc) is 2.44. The third kappa shape index (κ3) is 8.34. The molecule has 21 heavy (non-hydrogen) atoms. The Bertz CT molecular complexity index is 481. The zero-order valence-corrected chi connectivity index (χ0v) is 14.1. The van der Waals surface area contributed by atoms with Crippen LogP contribution in [-0.2, 0) is 4.79 Å². The van der Waals surface area contributed by atoms with Crippen molar-refractivity contribution in [1.29, 1.82) is 21.0 Å². The fourth-order valence-electron chi connectivity index (χ4n) is 1.92. The van der Waals surface area contributed by atoms with Crippen LogP contribution in [0, 0.1) is 63.1 Å². The molecule has 0 fully saturated rings. The first kappa shape index (κ1) is 21.7. The van der Waals surface area contributed by atoms with Crippen molar-refractivity contribution in [3.8, 4) is 24.3 Å². The molecule has 0 bridgehead atoms. The van der Waals surface area contributed by atoms with Gasteiger partial charge in [-0.1, -0.05) is 19.3 Å². The van der Waals surface area contributed by atoms with E-state index < -0.39 is 23.7 Å². The second kappa shape index (κ2) is 13.4. The van der Waals surface area contributed by atoms with E-state index in [1.807, 2.05) is 12.1 Å². The third-order valence-corrected chi connectivity index (χ3v) is 3.05. The van der Waals surface area contributed by atoms with E-state index in [0.29, 0.717) is 19.3 Å². The zero-order chi connectivity index (χ0) is 15.4. The van der Waals surface area contributed by atoms with Crippen LogP contribution < -0.4 is 34.7 Å². The number of carbonyl (C=O) groups excluding carboxylic acids is 1. The molecule has 0 rings (SSSR count). The van der Waals surface area contributed by atoms with Crippen molar-refractivity contribution < 1.29 is 39.5 Å². The summed E-state index contributed by atoms with van der Waals surface area (Å²) in [6, 6.07) is 7.20. The number of hydrogen-bond donors (Lipinski definition) is 0. The summed E-state index contributed by atoms with van der Waals surface area (Å²) in [5.41, 5.74) is 0. The topological polar surface area (TPSA) is 135 Å². The zero-order valence-electron chi connectivity index (χ0n) is 12.1. The monoisotopic (exact) mass is 294 g/mol. The van der Waals surface area contributed by atoms with Crippen LogP contribution in [0.4, 0.5) is 0 Å². The number of carbonyl (C=O) groups is 1. The third-order valence-electron chi connectivity index (χ3n) is 3.05. The number of rotatable bonds is 9. The molecule has 0 N–H and O–H groups in total. The van der Waals surface area contributed by atoms with Crippen molar-refractivity contribution in [3.63, 3.8) is 0 Å². The number of nitriles is 4. The van der Waals surface area contributed by atoms with Gasteiger partial charge in [0.2, 0.25) is 0 Å². The number of nitrogens with zero attached hydrogens (tertiary/aromatic N) is 4. The van der Waals surface area contributed by atoms with Crippen LogP contribution in [-0.4, -0.2) is 5.97 Å². The Morgan fingerprint density at radius 1 is 0.952 bits per heavy atom. The SMILES string of the molecule is N#CCCCCCCC(C#N)C(C#N)C(C#N)C(=O)[O-].[Na+]. The van der Waals surface area contributed by atoms with Gasteiger partial charge in [0.15, 0.2) is 0 Å². The molecule has 0 spiro atoms. The Balaban J connectivity index is 0. The van der Waals surface area contributed by atoms with E-state index in [1.165, 1.54) is 6.07 Å².